The predicted octanol–water partition coefficient (Wildman–Crippen LogP) is 2.25. The van der Waals surface area contributed by atoms with E-state index in [2.05, 4.69) is 4.31 Å². The summed E-state index contributed by atoms with van der Waals surface area (Å²) in [6.45, 7) is -0.135. The molecule has 102 valence electrons. The lowest BCUT2D eigenvalue weighted by Gasteiger charge is -2.24. The lowest BCUT2D eigenvalue weighted by molar-refractivity contribution is 0.0791. The van der Waals surface area contributed by atoms with E-state index in [1.54, 1.807) is 0 Å². The first-order valence-electron chi connectivity index (χ1n) is 4.58. The standard InChI is InChI=1S/C6H12Cl2O7P2/c7-3-1-6(2-4-8)5-13-17(12,14-6)15-16(9,10)11/h1-5H2,(H2,9,10,11). The van der Waals surface area contributed by atoms with Crippen molar-refractivity contribution >= 4 is 38.8 Å². The summed E-state index contributed by atoms with van der Waals surface area (Å²) in [5.74, 6) is 0.409. The van der Waals surface area contributed by atoms with Gasteiger partial charge in [-0.1, -0.05) is 0 Å². The average molecular weight is 329 g/mol. The zero-order valence-corrected chi connectivity index (χ0v) is 11.9. The highest BCUT2D eigenvalue weighted by atomic mass is 35.5. The summed E-state index contributed by atoms with van der Waals surface area (Å²) in [5.41, 5.74) is -1.02. The maximum Gasteiger partial charge on any atom is 0.484 e. The second kappa shape index (κ2) is 5.87. The van der Waals surface area contributed by atoms with Crippen molar-refractivity contribution in [3.8, 4) is 0 Å². The largest absolute Gasteiger partial charge is 0.484 e. The Hall–Kier alpha value is 0.840. The molecule has 1 unspecified atom stereocenters. The van der Waals surface area contributed by atoms with Crippen LogP contribution in [0.2, 0.25) is 0 Å². The molecule has 0 aliphatic carbocycles. The number of phosphoric ester groups is 1. The smallest absolute Gasteiger partial charge is 0.302 e. The topological polar surface area (TPSA) is 102 Å². The van der Waals surface area contributed by atoms with Crippen LogP contribution in [0.25, 0.3) is 0 Å². The summed E-state index contributed by atoms with van der Waals surface area (Å²) < 4.78 is 36.2. The Morgan fingerprint density at radius 2 is 1.88 bits per heavy atom. The molecular formula is C6H12Cl2O7P2. The van der Waals surface area contributed by atoms with Gasteiger partial charge in [0.2, 0.25) is 0 Å². The number of hydrogen-bond acceptors (Lipinski definition) is 5. The summed E-state index contributed by atoms with van der Waals surface area (Å²) in [7, 11) is -9.21. The zero-order chi connectivity index (χ0) is 13.2. The highest BCUT2D eigenvalue weighted by Crippen LogP contribution is 2.67. The van der Waals surface area contributed by atoms with Crippen LogP contribution in [0.5, 0.6) is 0 Å². The molecule has 1 aliphatic heterocycles. The molecule has 0 aromatic carbocycles. The first-order valence-corrected chi connectivity index (χ1v) is 8.64. The number of hydrogen-bond donors (Lipinski definition) is 2. The van der Waals surface area contributed by atoms with Crippen LogP contribution in [-0.4, -0.2) is 33.8 Å². The maximum absolute atomic E-state index is 11.7. The van der Waals surface area contributed by atoms with Crippen molar-refractivity contribution in [3.05, 3.63) is 0 Å². The van der Waals surface area contributed by atoms with Crippen molar-refractivity contribution < 1.29 is 32.3 Å². The third-order valence-corrected chi connectivity index (χ3v) is 5.18. The van der Waals surface area contributed by atoms with E-state index in [0.29, 0.717) is 0 Å². The summed E-state index contributed by atoms with van der Waals surface area (Å²) in [5, 5.41) is 0. The van der Waals surface area contributed by atoms with E-state index in [0.717, 1.165) is 0 Å². The molecule has 1 saturated heterocycles. The fourth-order valence-electron chi connectivity index (χ4n) is 1.36. The Labute approximate surface area is 108 Å². The minimum absolute atomic E-state index is 0.135. The molecule has 1 heterocycles. The fourth-order valence-corrected chi connectivity index (χ4v) is 4.57. The van der Waals surface area contributed by atoms with E-state index in [1.807, 2.05) is 0 Å². The third kappa shape index (κ3) is 4.78. The lowest BCUT2D eigenvalue weighted by Crippen LogP contribution is -2.32. The fraction of sp³-hybridized carbons (Fsp3) is 1.00. The molecule has 0 amide bonds. The van der Waals surface area contributed by atoms with E-state index in [4.69, 9.17) is 42.0 Å². The average Bonchev–Trinajstić information content (AvgIpc) is 2.41. The molecule has 11 heteroatoms. The van der Waals surface area contributed by atoms with Crippen molar-refractivity contribution in [1.29, 1.82) is 0 Å². The minimum atomic E-state index is -4.95. The van der Waals surface area contributed by atoms with Gasteiger partial charge in [-0.3, -0.25) is 9.05 Å². The van der Waals surface area contributed by atoms with Crippen LogP contribution >= 0.6 is 38.8 Å². The van der Waals surface area contributed by atoms with Gasteiger partial charge in [-0.25, -0.2) is 9.13 Å². The van der Waals surface area contributed by atoms with Crippen LogP contribution in [0.1, 0.15) is 12.8 Å². The molecule has 1 aliphatic rings. The van der Waals surface area contributed by atoms with Crippen molar-refractivity contribution in [2.24, 2.45) is 0 Å². The molecular weight excluding hydrogens is 317 g/mol. The molecule has 0 spiro atoms. The second-order valence-electron chi connectivity index (χ2n) is 3.45. The van der Waals surface area contributed by atoms with Crippen LogP contribution in [0, 0.1) is 0 Å². The molecule has 1 rings (SSSR count). The molecule has 0 saturated carbocycles. The summed E-state index contributed by atoms with van der Waals surface area (Å²) in [6, 6.07) is 0. The number of phosphoric acid groups is 2. The van der Waals surface area contributed by atoms with Crippen LogP contribution < -0.4 is 0 Å². The summed E-state index contributed by atoms with van der Waals surface area (Å²) >= 11 is 11.1. The van der Waals surface area contributed by atoms with Gasteiger partial charge in [0, 0.05) is 11.8 Å². The van der Waals surface area contributed by atoms with Crippen LogP contribution in [0.15, 0.2) is 0 Å². The molecule has 1 atom stereocenters. The molecule has 0 bridgehead atoms. The Morgan fingerprint density at radius 1 is 1.35 bits per heavy atom. The molecule has 7 nitrogen and oxygen atoms in total. The molecule has 17 heavy (non-hydrogen) atoms. The minimum Gasteiger partial charge on any atom is -0.302 e. The first kappa shape index (κ1) is 15.9. The van der Waals surface area contributed by atoms with Gasteiger partial charge in [0.15, 0.2) is 0 Å². The SMILES string of the molecule is O=P(O)(O)OP1(=O)OCC(CCCl)(CCCl)O1. The van der Waals surface area contributed by atoms with Crippen LogP contribution in [0.3, 0.4) is 0 Å². The van der Waals surface area contributed by atoms with Gasteiger partial charge < -0.3 is 9.79 Å². The second-order valence-corrected chi connectivity index (χ2v) is 7.17. The van der Waals surface area contributed by atoms with Gasteiger partial charge in [0.1, 0.15) is 5.60 Å². The highest BCUT2D eigenvalue weighted by Gasteiger charge is 2.51. The molecule has 0 aromatic rings. The number of rotatable bonds is 6. The van der Waals surface area contributed by atoms with E-state index >= 15 is 0 Å². The van der Waals surface area contributed by atoms with E-state index in [-0.39, 0.29) is 31.2 Å². The molecule has 1 fully saturated rings. The number of alkyl halides is 2. The Morgan fingerprint density at radius 3 is 2.29 bits per heavy atom. The van der Waals surface area contributed by atoms with Gasteiger partial charge in [-0.05, 0) is 12.8 Å². The van der Waals surface area contributed by atoms with Crippen molar-refractivity contribution in [2.75, 3.05) is 18.4 Å². The van der Waals surface area contributed by atoms with Crippen molar-refractivity contribution in [2.45, 2.75) is 18.4 Å². The van der Waals surface area contributed by atoms with Crippen molar-refractivity contribution in [1.82, 2.24) is 0 Å². The molecule has 0 radical (unpaired) electrons. The molecule has 2 N–H and O–H groups in total. The Kier molecular flexibility index (Phi) is 5.48. The van der Waals surface area contributed by atoms with Crippen LogP contribution in [0.4, 0.5) is 0 Å². The summed E-state index contributed by atoms with van der Waals surface area (Å²) in [6.07, 6.45) is 0.575. The van der Waals surface area contributed by atoms with Gasteiger partial charge in [0.25, 0.3) is 0 Å². The third-order valence-electron chi connectivity index (χ3n) is 2.10. The quantitative estimate of drug-likeness (QED) is 0.569. The Bertz CT molecular complexity index is 350. The van der Waals surface area contributed by atoms with Crippen molar-refractivity contribution in [3.63, 3.8) is 0 Å². The first-order chi connectivity index (χ1) is 7.74. The van der Waals surface area contributed by atoms with Gasteiger partial charge >= 0.3 is 15.6 Å². The highest BCUT2D eigenvalue weighted by molar-refractivity contribution is 7.61. The monoisotopic (exact) mass is 328 g/mol. The zero-order valence-electron chi connectivity index (χ0n) is 8.62. The Balaban J connectivity index is 2.77. The van der Waals surface area contributed by atoms with Crippen LogP contribution in [-0.2, 0) is 22.5 Å². The molecule has 0 aromatic heterocycles. The van der Waals surface area contributed by atoms with E-state index in [1.165, 1.54) is 0 Å². The number of halogens is 2. The van der Waals surface area contributed by atoms with E-state index < -0.39 is 21.2 Å². The normalized spacial score (nSPS) is 28.5. The maximum atomic E-state index is 11.7. The summed E-state index contributed by atoms with van der Waals surface area (Å²) in [4.78, 5) is 17.2. The van der Waals surface area contributed by atoms with E-state index in [9.17, 15) is 9.13 Å². The van der Waals surface area contributed by atoms with Gasteiger partial charge in [-0.15, -0.1) is 23.2 Å². The predicted molar refractivity (Wildman–Crippen MR) is 61.2 cm³/mol. The lowest BCUT2D eigenvalue weighted by atomic mass is 9.99. The van der Waals surface area contributed by atoms with Gasteiger partial charge in [-0.2, -0.15) is 4.31 Å². The van der Waals surface area contributed by atoms with Gasteiger partial charge in [0.05, 0.1) is 6.61 Å².